The van der Waals surface area contributed by atoms with Gasteiger partial charge in [-0.3, -0.25) is 0 Å². The fourth-order valence-corrected chi connectivity index (χ4v) is 2.72. The maximum absolute atomic E-state index is 3.53. The third-order valence-corrected chi connectivity index (χ3v) is 4.56. The van der Waals surface area contributed by atoms with Gasteiger partial charge < -0.3 is 5.32 Å². The Morgan fingerprint density at radius 3 is 2.61 bits per heavy atom. The Morgan fingerprint density at radius 2 is 1.94 bits per heavy atom. The van der Waals surface area contributed by atoms with Gasteiger partial charge in [-0.15, -0.1) is 0 Å². The highest BCUT2D eigenvalue weighted by molar-refractivity contribution is 14.1. The van der Waals surface area contributed by atoms with E-state index in [4.69, 9.17) is 0 Å². The van der Waals surface area contributed by atoms with Crippen LogP contribution in [0, 0.1) is 10.5 Å². The van der Waals surface area contributed by atoms with Crippen molar-refractivity contribution in [3.63, 3.8) is 0 Å². The predicted octanol–water partition coefficient (Wildman–Crippen LogP) is 5.54. The molecule has 0 bridgehead atoms. The molecule has 94 valence electrons. The summed E-state index contributed by atoms with van der Waals surface area (Å²) in [6.45, 7) is 4.30. The van der Waals surface area contributed by atoms with Crippen LogP contribution in [0.3, 0.4) is 0 Å². The van der Waals surface area contributed by atoms with E-state index in [0.717, 1.165) is 10.2 Å². The number of nitrogens with one attached hydrogen (secondary N) is 1. The SMILES string of the molecule is Cc1ccc(NC(C)c2cccc(Br)c2)cc1I. The van der Waals surface area contributed by atoms with Crippen LogP contribution in [0.15, 0.2) is 46.9 Å². The molecule has 0 fully saturated rings. The van der Waals surface area contributed by atoms with E-state index in [1.165, 1.54) is 14.7 Å². The summed E-state index contributed by atoms with van der Waals surface area (Å²) in [7, 11) is 0. The van der Waals surface area contributed by atoms with E-state index in [-0.39, 0.29) is 0 Å². The van der Waals surface area contributed by atoms with E-state index in [0.29, 0.717) is 6.04 Å². The number of halogens is 2. The molecule has 0 saturated heterocycles. The molecular formula is C15H15BrIN. The minimum absolute atomic E-state index is 0.293. The highest BCUT2D eigenvalue weighted by Crippen LogP contribution is 2.24. The van der Waals surface area contributed by atoms with Gasteiger partial charge in [-0.05, 0) is 71.8 Å². The first-order valence-electron chi connectivity index (χ1n) is 5.84. The summed E-state index contributed by atoms with van der Waals surface area (Å²) in [6.07, 6.45) is 0. The van der Waals surface area contributed by atoms with Crippen molar-refractivity contribution in [3.8, 4) is 0 Å². The van der Waals surface area contributed by atoms with Gasteiger partial charge in [0.25, 0.3) is 0 Å². The van der Waals surface area contributed by atoms with Crippen molar-refractivity contribution in [2.75, 3.05) is 5.32 Å². The number of hydrogen-bond acceptors (Lipinski definition) is 1. The molecule has 1 unspecified atom stereocenters. The van der Waals surface area contributed by atoms with Crippen molar-refractivity contribution in [2.24, 2.45) is 0 Å². The van der Waals surface area contributed by atoms with Gasteiger partial charge >= 0.3 is 0 Å². The molecule has 0 aromatic heterocycles. The van der Waals surface area contributed by atoms with Crippen molar-refractivity contribution in [2.45, 2.75) is 19.9 Å². The van der Waals surface area contributed by atoms with Gasteiger partial charge in [0, 0.05) is 19.8 Å². The lowest BCUT2D eigenvalue weighted by molar-refractivity contribution is 0.883. The summed E-state index contributed by atoms with van der Waals surface area (Å²) in [6, 6.07) is 15.2. The van der Waals surface area contributed by atoms with Crippen LogP contribution in [-0.2, 0) is 0 Å². The molecule has 0 aliphatic carbocycles. The fraction of sp³-hybridized carbons (Fsp3) is 0.200. The second-order valence-electron chi connectivity index (χ2n) is 4.38. The van der Waals surface area contributed by atoms with Crippen molar-refractivity contribution in [3.05, 3.63) is 61.6 Å². The first-order chi connectivity index (χ1) is 8.56. The third kappa shape index (κ3) is 3.48. The lowest BCUT2D eigenvalue weighted by Gasteiger charge is -2.16. The number of anilines is 1. The summed E-state index contributed by atoms with van der Waals surface area (Å²) < 4.78 is 2.41. The van der Waals surface area contributed by atoms with Gasteiger partial charge in [-0.2, -0.15) is 0 Å². The van der Waals surface area contributed by atoms with E-state index in [1.807, 2.05) is 6.07 Å². The van der Waals surface area contributed by atoms with Crippen LogP contribution in [0.25, 0.3) is 0 Å². The lowest BCUT2D eigenvalue weighted by atomic mass is 10.1. The average molecular weight is 416 g/mol. The highest BCUT2D eigenvalue weighted by Gasteiger charge is 2.06. The molecule has 3 heteroatoms. The Hall–Kier alpha value is -0.550. The zero-order valence-corrected chi connectivity index (χ0v) is 14.1. The molecule has 2 aromatic rings. The second-order valence-corrected chi connectivity index (χ2v) is 6.46. The predicted molar refractivity (Wildman–Crippen MR) is 90.1 cm³/mol. The fourth-order valence-electron chi connectivity index (χ4n) is 1.79. The van der Waals surface area contributed by atoms with Gasteiger partial charge in [-0.1, -0.05) is 34.1 Å². The molecule has 2 rings (SSSR count). The van der Waals surface area contributed by atoms with E-state index in [2.05, 4.69) is 94.1 Å². The number of benzene rings is 2. The molecule has 0 amide bonds. The van der Waals surface area contributed by atoms with Crippen LogP contribution < -0.4 is 5.32 Å². The number of rotatable bonds is 3. The Morgan fingerprint density at radius 1 is 1.17 bits per heavy atom. The van der Waals surface area contributed by atoms with E-state index in [1.54, 1.807) is 0 Å². The van der Waals surface area contributed by atoms with Gasteiger partial charge in [0.15, 0.2) is 0 Å². The molecule has 0 aliphatic rings. The first kappa shape index (κ1) is 13.9. The van der Waals surface area contributed by atoms with Crippen LogP contribution >= 0.6 is 38.5 Å². The summed E-state index contributed by atoms with van der Waals surface area (Å²) in [5.74, 6) is 0. The number of aryl methyl sites for hydroxylation is 1. The molecular weight excluding hydrogens is 401 g/mol. The molecule has 0 spiro atoms. The molecule has 1 atom stereocenters. The topological polar surface area (TPSA) is 12.0 Å². The maximum Gasteiger partial charge on any atom is 0.0486 e. The third-order valence-electron chi connectivity index (χ3n) is 2.90. The minimum atomic E-state index is 0.293. The van der Waals surface area contributed by atoms with E-state index >= 15 is 0 Å². The Labute approximate surface area is 130 Å². The molecule has 0 saturated carbocycles. The summed E-state index contributed by atoms with van der Waals surface area (Å²) in [5, 5.41) is 3.53. The quantitative estimate of drug-likeness (QED) is 0.649. The Kier molecular flexibility index (Phi) is 4.67. The lowest BCUT2D eigenvalue weighted by Crippen LogP contribution is -2.06. The van der Waals surface area contributed by atoms with Gasteiger partial charge in [0.2, 0.25) is 0 Å². The van der Waals surface area contributed by atoms with Gasteiger partial charge in [0.1, 0.15) is 0 Å². The molecule has 18 heavy (non-hydrogen) atoms. The van der Waals surface area contributed by atoms with E-state index in [9.17, 15) is 0 Å². The minimum Gasteiger partial charge on any atom is -0.378 e. The zero-order chi connectivity index (χ0) is 13.1. The smallest absolute Gasteiger partial charge is 0.0486 e. The van der Waals surface area contributed by atoms with Crippen molar-refractivity contribution in [1.29, 1.82) is 0 Å². The highest BCUT2D eigenvalue weighted by atomic mass is 127. The molecule has 1 N–H and O–H groups in total. The molecule has 0 radical (unpaired) electrons. The van der Waals surface area contributed by atoms with Gasteiger partial charge in [-0.25, -0.2) is 0 Å². The van der Waals surface area contributed by atoms with E-state index < -0.39 is 0 Å². The van der Waals surface area contributed by atoms with Crippen LogP contribution in [0.5, 0.6) is 0 Å². The van der Waals surface area contributed by atoms with Crippen LogP contribution in [-0.4, -0.2) is 0 Å². The summed E-state index contributed by atoms with van der Waals surface area (Å²) in [4.78, 5) is 0. The van der Waals surface area contributed by atoms with Gasteiger partial charge in [0.05, 0.1) is 0 Å². The zero-order valence-electron chi connectivity index (χ0n) is 10.4. The van der Waals surface area contributed by atoms with Crippen LogP contribution in [0.2, 0.25) is 0 Å². The Balaban J connectivity index is 2.16. The summed E-state index contributed by atoms with van der Waals surface area (Å²) >= 11 is 5.88. The summed E-state index contributed by atoms with van der Waals surface area (Å²) in [5.41, 5.74) is 3.76. The van der Waals surface area contributed by atoms with Crippen molar-refractivity contribution >= 4 is 44.2 Å². The Bertz CT molecular complexity index is 554. The molecule has 1 nitrogen and oxygen atoms in total. The monoisotopic (exact) mass is 415 g/mol. The maximum atomic E-state index is 3.53. The second kappa shape index (κ2) is 6.06. The first-order valence-corrected chi connectivity index (χ1v) is 7.71. The molecule has 0 aliphatic heterocycles. The molecule has 2 aromatic carbocycles. The normalized spacial score (nSPS) is 12.2. The average Bonchev–Trinajstić information content (AvgIpc) is 2.34. The largest absolute Gasteiger partial charge is 0.378 e. The van der Waals surface area contributed by atoms with Crippen molar-refractivity contribution in [1.82, 2.24) is 0 Å². The van der Waals surface area contributed by atoms with Crippen LogP contribution in [0.1, 0.15) is 24.1 Å². The molecule has 0 heterocycles. The number of hydrogen-bond donors (Lipinski definition) is 1. The van der Waals surface area contributed by atoms with Crippen molar-refractivity contribution < 1.29 is 0 Å². The standard InChI is InChI=1S/C15H15BrIN/c1-10-6-7-14(9-15(10)17)18-11(2)12-4-3-5-13(16)8-12/h3-9,11,18H,1-2H3. The van der Waals surface area contributed by atoms with Crippen LogP contribution in [0.4, 0.5) is 5.69 Å².